The molecule has 1 aromatic carbocycles. The maximum absolute atomic E-state index is 12.4. The minimum Gasteiger partial charge on any atom is -0.350 e. The Morgan fingerprint density at radius 2 is 1.83 bits per heavy atom. The van der Waals surface area contributed by atoms with Crippen LogP contribution in [0.5, 0.6) is 0 Å². The summed E-state index contributed by atoms with van der Waals surface area (Å²) in [7, 11) is 0. The molecule has 118 valence electrons. The fourth-order valence-corrected chi connectivity index (χ4v) is 3.37. The molecule has 4 aromatic rings. The van der Waals surface area contributed by atoms with E-state index < -0.39 is 11.1 Å². The number of nitrogens with one attached hydrogen (secondary N) is 2. The topological polar surface area (TPSA) is 78.6 Å². The van der Waals surface area contributed by atoms with Gasteiger partial charge in [-0.25, -0.2) is 0 Å². The first kappa shape index (κ1) is 14.9. The van der Waals surface area contributed by atoms with Gasteiger partial charge in [0.2, 0.25) is 0 Å². The average Bonchev–Trinajstić information content (AvgIpc) is 2.86. The molecular formula is C17H9Cl2N3O2. The van der Waals surface area contributed by atoms with Crippen molar-refractivity contribution in [2.45, 2.75) is 0 Å². The number of halogens is 2. The van der Waals surface area contributed by atoms with Gasteiger partial charge in [-0.1, -0.05) is 29.3 Å². The zero-order valence-electron chi connectivity index (χ0n) is 12.1. The number of fused-ring (bicyclic) bond motifs is 3. The van der Waals surface area contributed by atoms with Gasteiger partial charge in [0.25, 0.3) is 11.1 Å². The molecule has 4 rings (SSSR count). The minimum atomic E-state index is -0.520. The molecule has 0 saturated carbocycles. The van der Waals surface area contributed by atoms with Gasteiger partial charge < -0.3 is 4.98 Å². The van der Waals surface area contributed by atoms with Gasteiger partial charge in [0.05, 0.1) is 5.02 Å². The third-order valence-electron chi connectivity index (χ3n) is 3.81. The normalized spacial score (nSPS) is 11.2. The van der Waals surface area contributed by atoms with E-state index in [0.29, 0.717) is 37.5 Å². The molecule has 7 heteroatoms. The van der Waals surface area contributed by atoms with Crippen LogP contribution in [0.4, 0.5) is 0 Å². The molecule has 0 unspecified atom stereocenters. The summed E-state index contributed by atoms with van der Waals surface area (Å²) in [5.74, 6) is 0. The van der Waals surface area contributed by atoms with E-state index in [1.807, 2.05) is 0 Å². The number of H-pyrrole nitrogens is 2. The highest BCUT2D eigenvalue weighted by atomic mass is 35.5. The first-order chi connectivity index (χ1) is 11.5. The lowest BCUT2D eigenvalue weighted by Gasteiger charge is -1.98. The fourth-order valence-electron chi connectivity index (χ4n) is 2.78. The predicted molar refractivity (Wildman–Crippen MR) is 95.9 cm³/mol. The highest BCUT2D eigenvalue weighted by Crippen LogP contribution is 2.33. The van der Waals surface area contributed by atoms with Gasteiger partial charge in [0.15, 0.2) is 0 Å². The van der Waals surface area contributed by atoms with Crippen molar-refractivity contribution in [3.8, 4) is 11.1 Å². The number of nitrogens with zero attached hydrogens (tertiary/aromatic N) is 1. The molecule has 0 amide bonds. The Balaban J connectivity index is 2.24. The summed E-state index contributed by atoms with van der Waals surface area (Å²) < 4.78 is 0. The molecule has 0 bridgehead atoms. The zero-order chi connectivity index (χ0) is 16.8. The number of hydrogen-bond acceptors (Lipinski definition) is 3. The van der Waals surface area contributed by atoms with Crippen molar-refractivity contribution in [1.29, 1.82) is 0 Å². The summed E-state index contributed by atoms with van der Waals surface area (Å²) in [6.07, 6.45) is 3.17. The summed E-state index contributed by atoms with van der Waals surface area (Å²) in [6.45, 7) is 0. The molecule has 0 radical (unpaired) electrons. The summed E-state index contributed by atoms with van der Waals surface area (Å²) in [4.78, 5) is 34.1. The third kappa shape index (κ3) is 2.29. The van der Waals surface area contributed by atoms with E-state index in [4.69, 9.17) is 23.2 Å². The number of benzene rings is 1. The highest BCUT2D eigenvalue weighted by molar-refractivity contribution is 6.40. The van der Waals surface area contributed by atoms with Gasteiger partial charge in [-0.15, -0.1) is 0 Å². The lowest BCUT2D eigenvalue weighted by atomic mass is 10.1. The van der Waals surface area contributed by atoms with E-state index >= 15 is 0 Å². The molecule has 0 spiro atoms. The number of aromatic amines is 2. The first-order valence-corrected chi connectivity index (χ1v) is 7.78. The van der Waals surface area contributed by atoms with Crippen molar-refractivity contribution in [1.82, 2.24) is 15.0 Å². The third-order valence-corrected chi connectivity index (χ3v) is 4.33. The highest BCUT2D eigenvalue weighted by Gasteiger charge is 2.14. The molecular weight excluding hydrogens is 349 g/mol. The Hall–Kier alpha value is -2.63. The van der Waals surface area contributed by atoms with Gasteiger partial charge in [0, 0.05) is 44.8 Å². The van der Waals surface area contributed by atoms with Gasteiger partial charge in [-0.05, 0) is 24.3 Å². The molecule has 2 N–H and O–H groups in total. The SMILES string of the molecule is O=c1[nH]c(=O)c2[nH]c3cc(Cl)cc(Cl)c3c2cc1-c1cccnc1. The number of pyridine rings is 1. The summed E-state index contributed by atoms with van der Waals surface area (Å²) in [6, 6.07) is 8.40. The smallest absolute Gasteiger partial charge is 0.275 e. The van der Waals surface area contributed by atoms with Crippen molar-refractivity contribution in [2.24, 2.45) is 0 Å². The molecule has 0 saturated heterocycles. The van der Waals surface area contributed by atoms with Crippen molar-refractivity contribution >= 4 is 45.0 Å². The second kappa shape index (κ2) is 5.47. The summed E-state index contributed by atoms with van der Waals surface area (Å²) in [5, 5.41) is 2.05. The monoisotopic (exact) mass is 357 g/mol. The largest absolute Gasteiger partial charge is 0.350 e. The molecule has 0 atom stereocenters. The zero-order valence-corrected chi connectivity index (χ0v) is 13.6. The first-order valence-electron chi connectivity index (χ1n) is 7.03. The second-order valence-electron chi connectivity index (χ2n) is 5.31. The Bertz CT molecular complexity index is 1210. The van der Waals surface area contributed by atoms with Crippen LogP contribution in [0.3, 0.4) is 0 Å². The van der Waals surface area contributed by atoms with Crippen LogP contribution in [0.25, 0.3) is 32.9 Å². The van der Waals surface area contributed by atoms with Crippen LogP contribution >= 0.6 is 23.2 Å². The maximum Gasteiger partial charge on any atom is 0.275 e. The Kier molecular flexibility index (Phi) is 3.40. The van der Waals surface area contributed by atoms with E-state index in [1.165, 1.54) is 0 Å². The summed E-state index contributed by atoms with van der Waals surface area (Å²) in [5.41, 5.74) is 0.826. The van der Waals surface area contributed by atoms with Gasteiger partial charge in [-0.3, -0.25) is 19.6 Å². The van der Waals surface area contributed by atoms with Crippen molar-refractivity contribution < 1.29 is 0 Å². The van der Waals surface area contributed by atoms with E-state index in [0.717, 1.165) is 0 Å². The quantitative estimate of drug-likeness (QED) is 0.544. The lowest BCUT2D eigenvalue weighted by molar-refractivity contribution is 1.20. The minimum absolute atomic E-state index is 0.265. The molecule has 24 heavy (non-hydrogen) atoms. The molecule has 0 aliphatic rings. The second-order valence-corrected chi connectivity index (χ2v) is 6.15. The molecule has 0 fully saturated rings. The van der Waals surface area contributed by atoms with Crippen LogP contribution in [-0.2, 0) is 0 Å². The number of rotatable bonds is 1. The lowest BCUT2D eigenvalue weighted by Crippen LogP contribution is -2.15. The number of hydrogen-bond donors (Lipinski definition) is 2. The van der Waals surface area contributed by atoms with E-state index in [9.17, 15) is 9.59 Å². The molecule has 0 aliphatic heterocycles. The molecule has 3 heterocycles. The Morgan fingerprint density at radius 3 is 2.58 bits per heavy atom. The van der Waals surface area contributed by atoms with Crippen LogP contribution in [-0.4, -0.2) is 15.0 Å². The van der Waals surface area contributed by atoms with Crippen LogP contribution in [0.2, 0.25) is 10.0 Å². The van der Waals surface area contributed by atoms with Gasteiger partial charge in [0.1, 0.15) is 5.52 Å². The van der Waals surface area contributed by atoms with Crippen LogP contribution in [0.15, 0.2) is 52.3 Å². The van der Waals surface area contributed by atoms with E-state index in [-0.39, 0.29) is 5.52 Å². The number of aromatic nitrogens is 3. The van der Waals surface area contributed by atoms with Crippen LogP contribution in [0.1, 0.15) is 0 Å². The molecule has 3 aromatic heterocycles. The van der Waals surface area contributed by atoms with Gasteiger partial charge in [-0.2, -0.15) is 0 Å². The van der Waals surface area contributed by atoms with E-state index in [1.54, 1.807) is 42.7 Å². The molecule has 0 aliphatic carbocycles. The van der Waals surface area contributed by atoms with Crippen molar-refractivity contribution in [2.75, 3.05) is 0 Å². The Morgan fingerprint density at radius 1 is 1.00 bits per heavy atom. The van der Waals surface area contributed by atoms with Gasteiger partial charge >= 0.3 is 0 Å². The summed E-state index contributed by atoms with van der Waals surface area (Å²) >= 11 is 12.3. The van der Waals surface area contributed by atoms with Crippen LogP contribution in [0, 0.1) is 0 Å². The fraction of sp³-hybridized carbons (Fsp3) is 0. The molecule has 5 nitrogen and oxygen atoms in total. The predicted octanol–water partition coefficient (Wildman–Crippen LogP) is 3.74. The van der Waals surface area contributed by atoms with Crippen LogP contribution < -0.4 is 11.1 Å². The van der Waals surface area contributed by atoms with Crippen molar-refractivity contribution in [3.63, 3.8) is 0 Å². The standard InChI is InChI=1S/C17H9Cl2N3O2/c18-9-4-12(19)14-11-6-10(8-2-1-3-20-7-8)16(23)22-17(24)15(11)21-13(14)5-9/h1-7,21H,(H,22,23,24). The Labute approximate surface area is 144 Å². The average molecular weight is 358 g/mol. The van der Waals surface area contributed by atoms with E-state index in [2.05, 4.69) is 15.0 Å². The maximum atomic E-state index is 12.4. The van der Waals surface area contributed by atoms with Crippen molar-refractivity contribution in [3.05, 3.63) is 73.5 Å².